The van der Waals surface area contributed by atoms with E-state index in [4.69, 9.17) is 15.2 Å². The van der Waals surface area contributed by atoms with Gasteiger partial charge in [-0.15, -0.1) is 0 Å². The molecule has 0 unspecified atom stereocenters. The number of benzene rings is 4. The molecule has 1 aliphatic rings. The van der Waals surface area contributed by atoms with E-state index < -0.39 is 18.1 Å². The van der Waals surface area contributed by atoms with Crippen molar-refractivity contribution in [3.63, 3.8) is 0 Å². The molecule has 4 aromatic carbocycles. The molecule has 0 aromatic heterocycles. The van der Waals surface area contributed by atoms with Crippen LogP contribution in [-0.4, -0.2) is 19.1 Å². The third kappa shape index (κ3) is 4.19. The standard InChI is InChI=1S/C29H26N2O4/c1-18(19-11-12-21-16-23(34-2)14-13-20(21)15-19)28(32)35-27-17-22-7-3-5-9-25(22)31(29(30)33)26-10-6-4-8-24(26)27/h3-16,18,27H,17H2,1-2H3,(H2,30,33)/t18-,27-/m0/s1. The van der Waals surface area contributed by atoms with Crippen LogP contribution in [0.5, 0.6) is 5.75 Å². The van der Waals surface area contributed by atoms with Crippen molar-refractivity contribution in [2.24, 2.45) is 5.73 Å². The molecule has 35 heavy (non-hydrogen) atoms. The molecule has 2 amide bonds. The van der Waals surface area contributed by atoms with E-state index in [1.54, 1.807) is 7.11 Å². The summed E-state index contributed by atoms with van der Waals surface area (Å²) in [5, 5.41) is 2.06. The number of carbonyl (C=O) groups is 2. The minimum atomic E-state index is -0.585. The fraction of sp³-hybridized carbons (Fsp3) is 0.172. The van der Waals surface area contributed by atoms with Gasteiger partial charge in [0.05, 0.1) is 24.4 Å². The Bertz CT molecular complexity index is 1430. The van der Waals surface area contributed by atoms with E-state index in [2.05, 4.69) is 0 Å². The monoisotopic (exact) mass is 466 g/mol. The Morgan fingerprint density at radius 1 is 0.914 bits per heavy atom. The second kappa shape index (κ2) is 9.14. The zero-order chi connectivity index (χ0) is 24.5. The van der Waals surface area contributed by atoms with Crippen molar-refractivity contribution in [3.05, 3.63) is 102 Å². The van der Waals surface area contributed by atoms with E-state index in [0.29, 0.717) is 17.8 Å². The summed E-state index contributed by atoms with van der Waals surface area (Å²) in [5.74, 6) is -0.0166. The van der Waals surface area contributed by atoms with Crippen LogP contribution in [0.3, 0.4) is 0 Å². The average Bonchev–Trinajstić information content (AvgIpc) is 3.02. The molecule has 1 heterocycles. The summed E-state index contributed by atoms with van der Waals surface area (Å²) in [6.45, 7) is 1.85. The van der Waals surface area contributed by atoms with Crippen LogP contribution >= 0.6 is 0 Å². The minimum Gasteiger partial charge on any atom is -0.497 e. The molecule has 1 aliphatic heterocycles. The van der Waals surface area contributed by atoms with Gasteiger partial charge in [-0.05, 0) is 53.1 Å². The zero-order valence-corrected chi connectivity index (χ0v) is 19.6. The fourth-order valence-corrected chi connectivity index (χ4v) is 4.66. The smallest absolute Gasteiger partial charge is 0.323 e. The topological polar surface area (TPSA) is 81.9 Å². The van der Waals surface area contributed by atoms with Gasteiger partial charge in [0, 0.05) is 12.0 Å². The average molecular weight is 467 g/mol. The Morgan fingerprint density at radius 3 is 2.37 bits per heavy atom. The number of urea groups is 1. The maximum absolute atomic E-state index is 13.4. The molecule has 0 saturated carbocycles. The van der Waals surface area contributed by atoms with Crippen molar-refractivity contribution in [3.8, 4) is 5.75 Å². The molecule has 0 saturated heterocycles. The van der Waals surface area contributed by atoms with Crippen LogP contribution in [-0.2, 0) is 16.0 Å². The van der Waals surface area contributed by atoms with Crippen LogP contribution in [0.2, 0.25) is 0 Å². The van der Waals surface area contributed by atoms with Gasteiger partial charge in [0.1, 0.15) is 11.9 Å². The van der Waals surface area contributed by atoms with E-state index >= 15 is 0 Å². The highest BCUT2D eigenvalue weighted by atomic mass is 16.5. The lowest BCUT2D eigenvalue weighted by atomic mass is 9.97. The second-order valence-corrected chi connectivity index (χ2v) is 8.69. The molecule has 0 fully saturated rings. The third-order valence-corrected chi connectivity index (χ3v) is 6.57. The first kappa shape index (κ1) is 22.5. The summed E-state index contributed by atoms with van der Waals surface area (Å²) in [6, 6.07) is 26.2. The molecular formula is C29H26N2O4. The van der Waals surface area contributed by atoms with Crippen molar-refractivity contribution in [1.29, 1.82) is 0 Å². The van der Waals surface area contributed by atoms with Gasteiger partial charge in [-0.2, -0.15) is 0 Å². The normalized spacial score (nSPS) is 15.5. The van der Waals surface area contributed by atoms with Crippen molar-refractivity contribution in [1.82, 2.24) is 0 Å². The van der Waals surface area contributed by atoms with Crippen LogP contribution in [0.25, 0.3) is 10.8 Å². The maximum atomic E-state index is 13.4. The summed E-state index contributed by atoms with van der Waals surface area (Å²) in [5.41, 5.74) is 9.59. The first-order valence-corrected chi connectivity index (χ1v) is 11.5. The molecule has 0 bridgehead atoms. The van der Waals surface area contributed by atoms with Gasteiger partial charge in [-0.25, -0.2) is 4.79 Å². The SMILES string of the molecule is COc1ccc2cc([C@H](C)C(=O)O[C@H]3Cc4ccccc4N(C(N)=O)c4ccccc43)ccc2c1. The fourth-order valence-electron chi connectivity index (χ4n) is 4.66. The molecule has 0 spiro atoms. The zero-order valence-electron chi connectivity index (χ0n) is 19.6. The molecule has 6 nitrogen and oxygen atoms in total. The van der Waals surface area contributed by atoms with Gasteiger partial charge >= 0.3 is 12.0 Å². The molecule has 4 aromatic rings. The molecular weight excluding hydrogens is 440 g/mol. The molecule has 2 N–H and O–H groups in total. The number of anilines is 2. The Morgan fingerprint density at radius 2 is 1.60 bits per heavy atom. The first-order valence-electron chi connectivity index (χ1n) is 11.5. The van der Waals surface area contributed by atoms with Crippen molar-refractivity contribution in [2.45, 2.75) is 25.4 Å². The molecule has 0 radical (unpaired) electrons. The van der Waals surface area contributed by atoms with Crippen LogP contribution in [0, 0.1) is 0 Å². The van der Waals surface area contributed by atoms with Crippen LogP contribution < -0.4 is 15.4 Å². The number of hydrogen-bond acceptors (Lipinski definition) is 4. The van der Waals surface area contributed by atoms with Gasteiger partial charge in [-0.1, -0.05) is 60.7 Å². The number of primary amides is 1. The van der Waals surface area contributed by atoms with Gasteiger partial charge in [-0.3, -0.25) is 9.69 Å². The number of nitrogens with zero attached hydrogens (tertiary/aromatic N) is 1. The van der Waals surface area contributed by atoms with E-state index in [0.717, 1.165) is 33.2 Å². The minimum absolute atomic E-state index is 0.331. The molecule has 5 rings (SSSR count). The number of fused-ring (bicyclic) bond motifs is 3. The largest absolute Gasteiger partial charge is 0.497 e. The predicted molar refractivity (Wildman–Crippen MR) is 136 cm³/mol. The number of amides is 2. The quantitative estimate of drug-likeness (QED) is 0.374. The number of rotatable bonds is 4. The third-order valence-electron chi connectivity index (χ3n) is 6.57. The predicted octanol–water partition coefficient (Wildman–Crippen LogP) is 6.01. The molecule has 2 atom stereocenters. The number of ether oxygens (including phenoxy) is 2. The highest BCUT2D eigenvalue weighted by Gasteiger charge is 2.32. The number of para-hydroxylation sites is 2. The lowest BCUT2D eigenvalue weighted by molar-refractivity contribution is -0.150. The van der Waals surface area contributed by atoms with Gasteiger partial charge < -0.3 is 15.2 Å². The highest BCUT2D eigenvalue weighted by Crippen LogP contribution is 2.42. The van der Waals surface area contributed by atoms with Crippen molar-refractivity contribution >= 4 is 34.1 Å². The van der Waals surface area contributed by atoms with E-state index in [1.165, 1.54) is 4.90 Å². The highest BCUT2D eigenvalue weighted by molar-refractivity contribution is 6.00. The number of nitrogens with two attached hydrogens (primary N) is 1. The van der Waals surface area contributed by atoms with E-state index in [9.17, 15) is 9.59 Å². The Kier molecular flexibility index (Phi) is 5.87. The molecule has 0 aliphatic carbocycles. The maximum Gasteiger partial charge on any atom is 0.323 e. The first-order chi connectivity index (χ1) is 17.0. The summed E-state index contributed by atoms with van der Waals surface area (Å²) < 4.78 is 11.4. The van der Waals surface area contributed by atoms with Crippen LogP contribution in [0.1, 0.15) is 35.6 Å². The number of esters is 1. The summed E-state index contributed by atoms with van der Waals surface area (Å²) in [7, 11) is 1.64. The summed E-state index contributed by atoms with van der Waals surface area (Å²) in [4.78, 5) is 27.3. The Balaban J connectivity index is 1.47. The molecule has 6 heteroatoms. The second-order valence-electron chi connectivity index (χ2n) is 8.69. The van der Waals surface area contributed by atoms with Gasteiger partial charge in [0.15, 0.2) is 0 Å². The Hall–Kier alpha value is -4.32. The number of hydrogen-bond donors (Lipinski definition) is 1. The van der Waals surface area contributed by atoms with Crippen LogP contribution in [0.4, 0.5) is 16.2 Å². The Labute approximate surface area is 203 Å². The number of methoxy groups -OCH3 is 1. The lowest BCUT2D eigenvalue weighted by Crippen LogP contribution is -2.32. The summed E-state index contributed by atoms with van der Waals surface area (Å²) >= 11 is 0. The van der Waals surface area contributed by atoms with Gasteiger partial charge in [0.2, 0.25) is 0 Å². The van der Waals surface area contributed by atoms with Crippen LogP contribution in [0.15, 0.2) is 84.9 Å². The van der Waals surface area contributed by atoms with Crippen molar-refractivity contribution in [2.75, 3.05) is 12.0 Å². The number of carbonyl (C=O) groups excluding carboxylic acids is 2. The van der Waals surface area contributed by atoms with Gasteiger partial charge in [0.25, 0.3) is 0 Å². The van der Waals surface area contributed by atoms with E-state index in [-0.39, 0.29) is 5.97 Å². The van der Waals surface area contributed by atoms with E-state index in [1.807, 2.05) is 91.9 Å². The summed E-state index contributed by atoms with van der Waals surface area (Å²) in [6.07, 6.45) is -0.121. The molecule has 176 valence electrons. The lowest BCUT2D eigenvalue weighted by Gasteiger charge is -2.24. The van der Waals surface area contributed by atoms with Crippen molar-refractivity contribution < 1.29 is 19.1 Å².